The summed E-state index contributed by atoms with van der Waals surface area (Å²) in [5, 5.41) is 0. The van der Waals surface area contributed by atoms with Crippen molar-refractivity contribution in [1.29, 1.82) is 0 Å². The molecule has 2 atom stereocenters. The van der Waals surface area contributed by atoms with Crippen molar-refractivity contribution in [3.8, 4) is 0 Å². The van der Waals surface area contributed by atoms with Gasteiger partial charge in [0.1, 0.15) is 5.67 Å². The predicted octanol–water partition coefficient (Wildman–Crippen LogP) is 2.61. The Kier molecular flexibility index (Phi) is 2.24. The highest BCUT2D eigenvalue weighted by atomic mass is 19.1. The lowest BCUT2D eigenvalue weighted by Gasteiger charge is -2.37. The largest absolute Gasteiger partial charge is 0.293 e. The third-order valence-corrected chi connectivity index (χ3v) is 3.04. The summed E-state index contributed by atoms with van der Waals surface area (Å²) in [6.45, 7) is 11.0. The van der Waals surface area contributed by atoms with Gasteiger partial charge in [-0.05, 0) is 41.0 Å². The Morgan fingerprint density at radius 3 is 2.08 bits per heavy atom. The van der Waals surface area contributed by atoms with Crippen LogP contribution in [0.15, 0.2) is 0 Å². The average Bonchev–Trinajstić information content (AvgIpc) is 2.06. The zero-order valence-corrected chi connectivity index (χ0v) is 8.82. The molecule has 0 N–H and O–H groups in total. The van der Waals surface area contributed by atoms with Crippen molar-refractivity contribution >= 4 is 0 Å². The zero-order chi connectivity index (χ0) is 9.57. The molecule has 12 heavy (non-hydrogen) atoms. The third kappa shape index (κ3) is 1.63. The maximum Gasteiger partial charge on any atom is 0.124 e. The molecule has 0 amide bonds. The molecule has 0 aromatic rings. The normalized spacial score (nSPS) is 39.0. The first-order valence-electron chi connectivity index (χ1n) is 4.71. The average molecular weight is 173 g/mol. The van der Waals surface area contributed by atoms with Gasteiger partial charge >= 0.3 is 0 Å². The molecule has 1 aliphatic heterocycles. The molecule has 0 aromatic carbocycles. The molecule has 0 aromatic heterocycles. The molecule has 0 bridgehead atoms. The third-order valence-electron chi connectivity index (χ3n) is 3.04. The van der Waals surface area contributed by atoms with Crippen molar-refractivity contribution in [2.75, 3.05) is 6.54 Å². The second kappa shape index (κ2) is 2.69. The van der Waals surface area contributed by atoms with Crippen LogP contribution in [0.3, 0.4) is 0 Å². The molecule has 0 radical (unpaired) electrons. The van der Waals surface area contributed by atoms with E-state index >= 15 is 0 Å². The van der Waals surface area contributed by atoms with Gasteiger partial charge in [0, 0.05) is 18.1 Å². The summed E-state index contributed by atoms with van der Waals surface area (Å²) in [6.07, 6.45) is 0.672. The van der Waals surface area contributed by atoms with Crippen LogP contribution in [-0.4, -0.2) is 28.7 Å². The lowest BCUT2D eigenvalue weighted by atomic mass is 9.98. The van der Waals surface area contributed by atoms with Crippen molar-refractivity contribution in [2.45, 2.75) is 58.3 Å². The first-order valence-corrected chi connectivity index (χ1v) is 4.71. The van der Waals surface area contributed by atoms with Gasteiger partial charge in [-0.15, -0.1) is 0 Å². The highest BCUT2D eigenvalue weighted by Crippen LogP contribution is 2.35. The molecule has 1 aliphatic rings. The fraction of sp³-hybridized carbons (Fsp3) is 1.00. The van der Waals surface area contributed by atoms with Gasteiger partial charge in [-0.1, -0.05) is 0 Å². The van der Waals surface area contributed by atoms with Crippen LogP contribution < -0.4 is 0 Å². The van der Waals surface area contributed by atoms with Crippen LogP contribution in [-0.2, 0) is 0 Å². The molecule has 2 unspecified atom stereocenters. The number of rotatable bonds is 0. The van der Waals surface area contributed by atoms with Gasteiger partial charge in [-0.3, -0.25) is 4.90 Å². The zero-order valence-electron chi connectivity index (χ0n) is 8.82. The molecule has 1 fully saturated rings. The summed E-state index contributed by atoms with van der Waals surface area (Å²) >= 11 is 0. The van der Waals surface area contributed by atoms with E-state index in [-0.39, 0.29) is 11.6 Å². The number of nitrogens with zero attached hydrogens (tertiary/aromatic N) is 1. The number of halogens is 1. The number of likely N-dealkylation sites (tertiary alicyclic amines) is 1. The Hall–Kier alpha value is -0.110. The van der Waals surface area contributed by atoms with Crippen molar-refractivity contribution in [2.24, 2.45) is 0 Å². The van der Waals surface area contributed by atoms with Crippen LogP contribution in [0, 0.1) is 0 Å². The summed E-state index contributed by atoms with van der Waals surface area (Å²) in [4.78, 5) is 2.24. The van der Waals surface area contributed by atoms with E-state index in [9.17, 15) is 4.39 Å². The summed E-state index contributed by atoms with van der Waals surface area (Å²) in [7, 11) is 0. The van der Waals surface area contributed by atoms with Crippen LogP contribution in [0.25, 0.3) is 0 Å². The fourth-order valence-electron chi connectivity index (χ4n) is 1.98. The molecule has 1 nitrogen and oxygen atoms in total. The Bertz CT molecular complexity index is 169. The smallest absolute Gasteiger partial charge is 0.124 e. The summed E-state index contributed by atoms with van der Waals surface area (Å²) < 4.78 is 13.7. The minimum absolute atomic E-state index is 0.0532. The Morgan fingerprint density at radius 2 is 1.92 bits per heavy atom. The standard InChI is InChI=1S/C10H20FN/c1-8-10(5,11)6-7-12(8)9(2,3)4/h8H,6-7H2,1-5H3. The molecule has 72 valence electrons. The molecule has 0 saturated carbocycles. The van der Waals surface area contributed by atoms with Gasteiger partial charge < -0.3 is 0 Å². The van der Waals surface area contributed by atoms with Gasteiger partial charge in [0.05, 0.1) is 0 Å². The van der Waals surface area contributed by atoms with Crippen molar-refractivity contribution in [3.63, 3.8) is 0 Å². The molecular formula is C10H20FN. The molecule has 1 rings (SSSR count). The summed E-state index contributed by atoms with van der Waals surface area (Å²) in [5.41, 5.74) is -0.892. The van der Waals surface area contributed by atoms with E-state index < -0.39 is 5.67 Å². The highest BCUT2D eigenvalue weighted by molar-refractivity contribution is 4.98. The van der Waals surface area contributed by atoms with Crippen molar-refractivity contribution in [1.82, 2.24) is 4.90 Å². The Labute approximate surface area is 74.9 Å². The van der Waals surface area contributed by atoms with Crippen LogP contribution in [0.5, 0.6) is 0 Å². The second-order valence-electron chi connectivity index (χ2n) is 5.07. The van der Waals surface area contributed by atoms with Gasteiger partial charge in [-0.25, -0.2) is 4.39 Å². The van der Waals surface area contributed by atoms with Crippen molar-refractivity contribution < 1.29 is 4.39 Å². The van der Waals surface area contributed by atoms with Gasteiger partial charge in [-0.2, -0.15) is 0 Å². The Morgan fingerprint density at radius 1 is 1.42 bits per heavy atom. The van der Waals surface area contributed by atoms with Gasteiger partial charge in [0.15, 0.2) is 0 Å². The SMILES string of the molecule is CC1N(C(C)(C)C)CCC1(C)F. The molecule has 1 saturated heterocycles. The number of hydrogen-bond acceptors (Lipinski definition) is 1. The molecule has 2 heteroatoms. The molecular weight excluding hydrogens is 153 g/mol. The van der Waals surface area contributed by atoms with E-state index in [0.29, 0.717) is 6.42 Å². The fourth-order valence-corrected chi connectivity index (χ4v) is 1.98. The minimum Gasteiger partial charge on any atom is -0.293 e. The first kappa shape index (κ1) is 9.97. The number of alkyl halides is 1. The van der Waals surface area contributed by atoms with Crippen LogP contribution in [0.1, 0.15) is 41.0 Å². The lowest BCUT2D eigenvalue weighted by molar-refractivity contribution is 0.0683. The van der Waals surface area contributed by atoms with Crippen molar-refractivity contribution in [3.05, 3.63) is 0 Å². The summed E-state index contributed by atoms with van der Waals surface area (Å²) in [5.74, 6) is 0. The predicted molar refractivity (Wildman–Crippen MR) is 50.1 cm³/mol. The van der Waals surface area contributed by atoms with E-state index in [1.165, 1.54) is 0 Å². The van der Waals surface area contributed by atoms with E-state index in [1.807, 2.05) is 6.92 Å². The molecule has 0 aliphatic carbocycles. The van der Waals surface area contributed by atoms with E-state index in [0.717, 1.165) is 6.54 Å². The van der Waals surface area contributed by atoms with E-state index in [4.69, 9.17) is 0 Å². The monoisotopic (exact) mass is 173 g/mol. The van der Waals surface area contributed by atoms with Crippen LogP contribution >= 0.6 is 0 Å². The van der Waals surface area contributed by atoms with Crippen LogP contribution in [0.2, 0.25) is 0 Å². The topological polar surface area (TPSA) is 3.24 Å². The van der Waals surface area contributed by atoms with E-state index in [1.54, 1.807) is 6.92 Å². The Balaban J connectivity index is 2.74. The minimum atomic E-state index is -0.993. The quantitative estimate of drug-likeness (QED) is 0.544. The lowest BCUT2D eigenvalue weighted by Crippen LogP contribution is -2.47. The molecule has 0 spiro atoms. The number of hydrogen-bond donors (Lipinski definition) is 0. The summed E-state index contributed by atoms with van der Waals surface area (Å²) in [6, 6.07) is 0.0532. The molecule has 1 heterocycles. The first-order chi connectivity index (χ1) is 5.25. The second-order valence-corrected chi connectivity index (χ2v) is 5.07. The van der Waals surface area contributed by atoms with E-state index in [2.05, 4.69) is 25.7 Å². The van der Waals surface area contributed by atoms with Gasteiger partial charge in [0.25, 0.3) is 0 Å². The maximum absolute atomic E-state index is 13.7. The highest BCUT2D eigenvalue weighted by Gasteiger charge is 2.44. The maximum atomic E-state index is 13.7. The van der Waals surface area contributed by atoms with Gasteiger partial charge in [0.2, 0.25) is 0 Å². The van der Waals surface area contributed by atoms with Crippen LogP contribution in [0.4, 0.5) is 4.39 Å².